The van der Waals surface area contributed by atoms with Crippen LogP contribution in [0.1, 0.15) is 6.92 Å². The molecular formula is C5H5NS. The van der Waals surface area contributed by atoms with Gasteiger partial charge in [-0.2, -0.15) is 0 Å². The van der Waals surface area contributed by atoms with Gasteiger partial charge in [0.2, 0.25) is 0 Å². The molecule has 0 spiro atoms. The van der Waals surface area contributed by atoms with E-state index >= 15 is 0 Å². The summed E-state index contributed by atoms with van der Waals surface area (Å²) in [5.41, 5.74) is 1.09. The fourth-order valence-corrected chi connectivity index (χ4v) is 0.519. The van der Waals surface area contributed by atoms with Gasteiger partial charge < -0.3 is 0 Å². The van der Waals surface area contributed by atoms with Gasteiger partial charge in [-0.25, -0.2) is 4.99 Å². The van der Waals surface area contributed by atoms with Crippen molar-refractivity contribution in [1.82, 2.24) is 0 Å². The van der Waals surface area contributed by atoms with Crippen molar-refractivity contribution in [1.29, 1.82) is 0 Å². The first-order valence-corrected chi connectivity index (χ1v) is 2.47. The number of hydrogen-bond donors (Lipinski definition) is 0. The van der Waals surface area contributed by atoms with Gasteiger partial charge in [0.25, 0.3) is 0 Å². The molecule has 0 unspecified atom stereocenters. The minimum atomic E-state index is 0.722. The molecule has 1 aliphatic rings. The SMILES string of the molecule is CC1=CC=NC1=S. The molecule has 0 aromatic heterocycles. The lowest BCUT2D eigenvalue weighted by Crippen LogP contribution is -1.81. The Bertz CT molecular complexity index is 155. The predicted octanol–water partition coefficient (Wildman–Crippen LogP) is 1.34. The van der Waals surface area contributed by atoms with Gasteiger partial charge in [0.15, 0.2) is 0 Å². The summed E-state index contributed by atoms with van der Waals surface area (Å²) in [6.07, 6.45) is 3.62. The molecule has 0 radical (unpaired) electrons. The third kappa shape index (κ3) is 0.747. The number of rotatable bonds is 0. The lowest BCUT2D eigenvalue weighted by atomic mass is 10.3. The third-order valence-corrected chi connectivity index (χ3v) is 1.28. The van der Waals surface area contributed by atoms with Crippen molar-refractivity contribution in [3.05, 3.63) is 11.6 Å². The summed E-state index contributed by atoms with van der Waals surface area (Å²) in [5.74, 6) is 0. The molecule has 0 amide bonds. The summed E-state index contributed by atoms with van der Waals surface area (Å²) in [7, 11) is 0. The number of allylic oxidation sites excluding steroid dienone is 1. The molecule has 0 saturated carbocycles. The zero-order chi connectivity index (χ0) is 5.28. The highest BCUT2D eigenvalue weighted by Gasteiger charge is 1.97. The molecule has 0 fully saturated rings. The number of thiocarbonyl (C=S) groups is 1. The summed E-state index contributed by atoms with van der Waals surface area (Å²) in [6, 6.07) is 0. The molecule has 0 bridgehead atoms. The van der Waals surface area contributed by atoms with Gasteiger partial charge in [-0.15, -0.1) is 0 Å². The maximum atomic E-state index is 4.78. The topological polar surface area (TPSA) is 12.4 Å². The number of aliphatic imine (C=N–C) groups is 1. The predicted molar refractivity (Wildman–Crippen MR) is 34.8 cm³/mol. The van der Waals surface area contributed by atoms with Crippen LogP contribution < -0.4 is 0 Å². The minimum Gasteiger partial charge on any atom is -0.245 e. The maximum Gasteiger partial charge on any atom is 0.129 e. The van der Waals surface area contributed by atoms with Crippen LogP contribution in [0, 0.1) is 0 Å². The summed E-state index contributed by atoms with van der Waals surface area (Å²) in [4.78, 5) is 4.55. The molecule has 0 aliphatic carbocycles. The Balaban J connectivity index is 2.89. The first-order chi connectivity index (χ1) is 3.30. The number of nitrogens with zero attached hydrogens (tertiary/aromatic N) is 1. The largest absolute Gasteiger partial charge is 0.245 e. The average molecular weight is 111 g/mol. The monoisotopic (exact) mass is 111 g/mol. The van der Waals surface area contributed by atoms with E-state index < -0.39 is 0 Å². The molecule has 1 aliphatic heterocycles. The zero-order valence-corrected chi connectivity index (χ0v) is 4.83. The van der Waals surface area contributed by atoms with E-state index in [9.17, 15) is 0 Å². The van der Waals surface area contributed by atoms with E-state index in [4.69, 9.17) is 12.2 Å². The highest BCUT2D eigenvalue weighted by atomic mass is 32.1. The first kappa shape index (κ1) is 4.65. The Morgan fingerprint density at radius 3 is 2.57 bits per heavy atom. The molecular weight excluding hydrogens is 106 g/mol. The van der Waals surface area contributed by atoms with Crippen LogP contribution >= 0.6 is 12.2 Å². The van der Waals surface area contributed by atoms with Crippen LogP contribution in [0.5, 0.6) is 0 Å². The van der Waals surface area contributed by atoms with Crippen molar-refractivity contribution < 1.29 is 0 Å². The third-order valence-electron chi connectivity index (χ3n) is 0.854. The van der Waals surface area contributed by atoms with Crippen molar-refractivity contribution in [2.24, 2.45) is 4.99 Å². The molecule has 2 heteroatoms. The van der Waals surface area contributed by atoms with Crippen LogP contribution in [0.25, 0.3) is 0 Å². The van der Waals surface area contributed by atoms with Crippen molar-refractivity contribution in [3.63, 3.8) is 0 Å². The van der Waals surface area contributed by atoms with Crippen molar-refractivity contribution in [2.45, 2.75) is 6.92 Å². The Labute approximate surface area is 47.8 Å². The lowest BCUT2D eigenvalue weighted by Gasteiger charge is -1.82. The van der Waals surface area contributed by atoms with Crippen molar-refractivity contribution in [3.8, 4) is 0 Å². The van der Waals surface area contributed by atoms with Gasteiger partial charge in [0.1, 0.15) is 4.99 Å². The first-order valence-electron chi connectivity index (χ1n) is 2.06. The standard InChI is InChI=1S/C5H5NS/c1-4-2-3-6-5(4)7/h2-3H,1H3. The van der Waals surface area contributed by atoms with Gasteiger partial charge >= 0.3 is 0 Å². The second-order valence-corrected chi connectivity index (χ2v) is 1.82. The van der Waals surface area contributed by atoms with Crippen LogP contribution in [-0.2, 0) is 0 Å². The van der Waals surface area contributed by atoms with Crippen LogP contribution in [-0.4, -0.2) is 11.2 Å². The molecule has 1 nitrogen and oxygen atoms in total. The smallest absolute Gasteiger partial charge is 0.129 e. The quantitative estimate of drug-likeness (QED) is 0.430. The fraction of sp³-hybridized carbons (Fsp3) is 0.200. The molecule has 0 aromatic rings. The molecule has 36 valence electrons. The Morgan fingerprint density at radius 2 is 2.43 bits per heavy atom. The van der Waals surface area contributed by atoms with Crippen molar-refractivity contribution in [2.75, 3.05) is 0 Å². The second kappa shape index (κ2) is 1.54. The van der Waals surface area contributed by atoms with Crippen LogP contribution in [0.4, 0.5) is 0 Å². The van der Waals surface area contributed by atoms with E-state index in [0.29, 0.717) is 0 Å². The van der Waals surface area contributed by atoms with E-state index in [-0.39, 0.29) is 0 Å². The van der Waals surface area contributed by atoms with Gasteiger partial charge in [0.05, 0.1) is 0 Å². The van der Waals surface area contributed by atoms with Gasteiger partial charge in [-0.1, -0.05) is 12.2 Å². The number of hydrogen-bond acceptors (Lipinski definition) is 1. The highest BCUT2D eigenvalue weighted by molar-refractivity contribution is 7.80. The molecule has 0 saturated heterocycles. The lowest BCUT2D eigenvalue weighted by molar-refractivity contribution is 1.62. The second-order valence-electron chi connectivity index (χ2n) is 1.43. The van der Waals surface area contributed by atoms with Gasteiger partial charge in [0, 0.05) is 6.21 Å². The summed E-state index contributed by atoms with van der Waals surface area (Å²) in [6.45, 7) is 1.95. The summed E-state index contributed by atoms with van der Waals surface area (Å²) in [5, 5.41) is 0. The van der Waals surface area contributed by atoms with Crippen LogP contribution in [0.15, 0.2) is 16.6 Å². The normalized spacial score (nSPS) is 17.9. The van der Waals surface area contributed by atoms with E-state index in [1.54, 1.807) is 6.21 Å². The maximum absolute atomic E-state index is 4.78. The van der Waals surface area contributed by atoms with Gasteiger partial charge in [-0.05, 0) is 18.6 Å². The van der Waals surface area contributed by atoms with E-state index in [0.717, 1.165) is 10.6 Å². The Kier molecular flexibility index (Phi) is 1.02. The summed E-state index contributed by atoms with van der Waals surface area (Å²) < 4.78 is 0. The van der Waals surface area contributed by atoms with E-state index in [1.807, 2.05) is 13.0 Å². The van der Waals surface area contributed by atoms with Crippen LogP contribution in [0.2, 0.25) is 0 Å². The van der Waals surface area contributed by atoms with Gasteiger partial charge in [-0.3, -0.25) is 0 Å². The molecule has 1 rings (SSSR count). The average Bonchev–Trinajstić information content (AvgIpc) is 1.91. The summed E-state index contributed by atoms with van der Waals surface area (Å²) >= 11 is 4.78. The Morgan fingerprint density at radius 1 is 1.71 bits per heavy atom. The zero-order valence-electron chi connectivity index (χ0n) is 4.01. The molecule has 0 aromatic carbocycles. The molecule has 0 atom stereocenters. The Hall–Kier alpha value is -0.500. The highest BCUT2D eigenvalue weighted by Crippen LogP contribution is 2.01. The van der Waals surface area contributed by atoms with E-state index in [2.05, 4.69) is 4.99 Å². The molecule has 7 heavy (non-hydrogen) atoms. The molecule has 1 heterocycles. The molecule has 0 N–H and O–H groups in total. The van der Waals surface area contributed by atoms with Crippen molar-refractivity contribution >= 4 is 23.4 Å². The van der Waals surface area contributed by atoms with E-state index in [1.165, 1.54) is 0 Å². The van der Waals surface area contributed by atoms with Crippen LogP contribution in [0.3, 0.4) is 0 Å². The fourth-order valence-electron chi connectivity index (χ4n) is 0.390. The minimum absolute atomic E-state index is 0.722.